The van der Waals surface area contributed by atoms with E-state index < -0.39 is 0 Å². The Kier molecular flexibility index (Phi) is 6.93. The summed E-state index contributed by atoms with van der Waals surface area (Å²) in [7, 11) is 0. The van der Waals surface area contributed by atoms with Gasteiger partial charge < -0.3 is 10.1 Å². The third-order valence-electron chi connectivity index (χ3n) is 6.12. The van der Waals surface area contributed by atoms with E-state index in [0.717, 1.165) is 65.6 Å². The van der Waals surface area contributed by atoms with E-state index in [4.69, 9.17) is 4.74 Å². The van der Waals surface area contributed by atoms with E-state index in [1.807, 2.05) is 36.4 Å². The minimum atomic E-state index is -0.226. The van der Waals surface area contributed by atoms with Crippen molar-refractivity contribution in [3.63, 3.8) is 0 Å². The maximum absolute atomic E-state index is 13.5. The molecule has 1 saturated heterocycles. The topological polar surface area (TPSA) is 48.3 Å². The van der Waals surface area contributed by atoms with E-state index in [9.17, 15) is 9.65 Å². The van der Waals surface area contributed by atoms with Gasteiger partial charge in [0.1, 0.15) is 5.82 Å². The van der Waals surface area contributed by atoms with Crippen molar-refractivity contribution in [2.24, 2.45) is 0 Å². The maximum atomic E-state index is 13.5. The van der Waals surface area contributed by atoms with Crippen LogP contribution in [-0.4, -0.2) is 37.7 Å². The molecule has 1 aliphatic rings. The first kappa shape index (κ1) is 21.5. The standard InChI is InChI=1S/C26H28FN3O/c1-2-23-21(16-28)15-20-5-3-4-6-24(20)25(23)17-31-18-26(30-13-11-29-12-14-30)19-7-9-22(27)10-8-19/h3-10,15,26,29H,2,11-14,17-18H2,1H3. The molecule has 1 unspecified atom stereocenters. The molecule has 0 radical (unpaired) electrons. The Morgan fingerprint density at radius 1 is 1.10 bits per heavy atom. The first-order valence-electron chi connectivity index (χ1n) is 10.9. The summed E-state index contributed by atoms with van der Waals surface area (Å²) in [4.78, 5) is 2.40. The van der Waals surface area contributed by atoms with Gasteiger partial charge in [-0.15, -0.1) is 0 Å². The lowest BCUT2D eigenvalue weighted by Gasteiger charge is -2.35. The van der Waals surface area contributed by atoms with E-state index in [1.54, 1.807) is 0 Å². The van der Waals surface area contributed by atoms with Gasteiger partial charge >= 0.3 is 0 Å². The molecule has 0 amide bonds. The van der Waals surface area contributed by atoms with E-state index in [0.29, 0.717) is 13.2 Å². The molecule has 5 heteroatoms. The van der Waals surface area contributed by atoms with Gasteiger partial charge in [-0.3, -0.25) is 4.90 Å². The molecule has 0 aromatic heterocycles. The van der Waals surface area contributed by atoms with E-state index in [1.165, 1.54) is 12.1 Å². The van der Waals surface area contributed by atoms with Crippen LogP contribution < -0.4 is 5.32 Å². The van der Waals surface area contributed by atoms with E-state index in [2.05, 4.69) is 29.3 Å². The summed E-state index contributed by atoms with van der Waals surface area (Å²) in [6.45, 7) is 6.77. The predicted octanol–water partition coefficient (Wildman–Crippen LogP) is 4.58. The fourth-order valence-corrected chi connectivity index (χ4v) is 4.50. The number of hydrogen-bond donors (Lipinski definition) is 1. The molecule has 0 aliphatic carbocycles. The van der Waals surface area contributed by atoms with Gasteiger partial charge in [-0.25, -0.2) is 4.39 Å². The van der Waals surface area contributed by atoms with Crippen LogP contribution in [-0.2, 0) is 17.8 Å². The molecule has 160 valence electrons. The summed E-state index contributed by atoms with van der Waals surface area (Å²) < 4.78 is 19.8. The van der Waals surface area contributed by atoms with Crippen LogP contribution in [0.25, 0.3) is 10.8 Å². The summed E-state index contributed by atoms with van der Waals surface area (Å²) in [5.74, 6) is -0.226. The average molecular weight is 418 g/mol. The molecule has 1 fully saturated rings. The van der Waals surface area contributed by atoms with Crippen molar-refractivity contribution < 1.29 is 9.13 Å². The number of halogens is 1. The summed E-state index contributed by atoms with van der Waals surface area (Å²) >= 11 is 0. The van der Waals surface area contributed by atoms with E-state index >= 15 is 0 Å². The van der Waals surface area contributed by atoms with Crippen molar-refractivity contribution in [3.05, 3.63) is 82.7 Å². The highest BCUT2D eigenvalue weighted by atomic mass is 19.1. The zero-order chi connectivity index (χ0) is 21.6. The molecule has 4 rings (SSSR count). The average Bonchev–Trinajstić information content (AvgIpc) is 2.82. The molecule has 1 heterocycles. The van der Waals surface area contributed by atoms with Crippen LogP contribution in [0.3, 0.4) is 0 Å². The number of piperazine rings is 1. The molecular formula is C26H28FN3O. The first-order valence-corrected chi connectivity index (χ1v) is 10.9. The fraction of sp³-hybridized carbons (Fsp3) is 0.346. The third kappa shape index (κ3) is 4.77. The number of nitrogens with zero attached hydrogens (tertiary/aromatic N) is 2. The molecule has 0 bridgehead atoms. The second-order valence-electron chi connectivity index (χ2n) is 7.94. The molecule has 0 spiro atoms. The Hall–Kier alpha value is -2.78. The lowest BCUT2D eigenvalue weighted by atomic mass is 9.93. The number of nitrogens with one attached hydrogen (secondary N) is 1. The highest BCUT2D eigenvalue weighted by Gasteiger charge is 2.23. The van der Waals surface area contributed by atoms with Crippen LogP contribution in [0.1, 0.15) is 35.2 Å². The summed E-state index contributed by atoms with van der Waals surface area (Å²) in [5.41, 5.74) is 3.93. The predicted molar refractivity (Wildman–Crippen MR) is 121 cm³/mol. The Bertz CT molecular complexity index is 1070. The second kappa shape index (κ2) is 10.0. The highest BCUT2D eigenvalue weighted by Crippen LogP contribution is 2.28. The van der Waals surface area contributed by atoms with Crippen LogP contribution in [0.5, 0.6) is 0 Å². The van der Waals surface area contributed by atoms with Gasteiger partial charge in [-0.1, -0.05) is 43.3 Å². The normalized spacial score (nSPS) is 15.6. The Morgan fingerprint density at radius 3 is 2.55 bits per heavy atom. The molecule has 4 nitrogen and oxygen atoms in total. The van der Waals surface area contributed by atoms with Crippen molar-refractivity contribution >= 4 is 10.8 Å². The van der Waals surface area contributed by atoms with Crippen molar-refractivity contribution in [2.75, 3.05) is 32.8 Å². The minimum Gasteiger partial charge on any atom is -0.375 e. The number of rotatable bonds is 7. The molecule has 31 heavy (non-hydrogen) atoms. The van der Waals surface area contributed by atoms with Crippen molar-refractivity contribution in [3.8, 4) is 6.07 Å². The Morgan fingerprint density at radius 2 is 1.84 bits per heavy atom. The summed E-state index contributed by atoms with van der Waals surface area (Å²) in [5, 5.41) is 15.2. The molecule has 1 aliphatic heterocycles. The van der Waals surface area contributed by atoms with Gasteiger partial charge in [-0.2, -0.15) is 5.26 Å². The quantitative estimate of drug-likeness (QED) is 0.612. The lowest BCUT2D eigenvalue weighted by Crippen LogP contribution is -2.46. The van der Waals surface area contributed by atoms with Gasteiger partial charge in [0.25, 0.3) is 0 Å². The van der Waals surface area contributed by atoms with Gasteiger partial charge in [0.05, 0.1) is 30.9 Å². The highest BCUT2D eigenvalue weighted by molar-refractivity contribution is 5.88. The van der Waals surface area contributed by atoms with Crippen LogP contribution in [0.4, 0.5) is 4.39 Å². The smallest absolute Gasteiger partial charge is 0.123 e. The second-order valence-corrected chi connectivity index (χ2v) is 7.94. The van der Waals surface area contributed by atoms with Crippen LogP contribution in [0.15, 0.2) is 54.6 Å². The Labute approximate surface area is 183 Å². The third-order valence-corrected chi connectivity index (χ3v) is 6.12. The minimum absolute atomic E-state index is 0.0678. The number of benzene rings is 3. The first-order chi connectivity index (χ1) is 15.2. The molecule has 1 N–H and O–H groups in total. The SMILES string of the molecule is CCc1c(C#N)cc2ccccc2c1COCC(c1ccc(F)cc1)N1CCNCC1. The molecule has 1 atom stereocenters. The van der Waals surface area contributed by atoms with Crippen molar-refractivity contribution in [1.82, 2.24) is 10.2 Å². The summed E-state index contributed by atoms with van der Waals surface area (Å²) in [6, 6.07) is 19.3. The summed E-state index contributed by atoms with van der Waals surface area (Å²) in [6.07, 6.45) is 0.783. The maximum Gasteiger partial charge on any atom is 0.123 e. The van der Waals surface area contributed by atoms with E-state index in [-0.39, 0.29) is 11.9 Å². The monoisotopic (exact) mass is 417 g/mol. The molecule has 3 aromatic rings. The van der Waals surface area contributed by atoms with Gasteiger partial charge in [0.2, 0.25) is 0 Å². The van der Waals surface area contributed by atoms with Crippen LogP contribution in [0, 0.1) is 17.1 Å². The largest absolute Gasteiger partial charge is 0.375 e. The molecule has 0 saturated carbocycles. The van der Waals surface area contributed by atoms with Gasteiger partial charge in [0.15, 0.2) is 0 Å². The zero-order valence-electron chi connectivity index (χ0n) is 17.9. The van der Waals surface area contributed by atoms with Crippen LogP contribution in [0.2, 0.25) is 0 Å². The number of ether oxygens (including phenoxy) is 1. The molecular weight excluding hydrogens is 389 g/mol. The van der Waals surface area contributed by atoms with Gasteiger partial charge in [-0.05, 0) is 52.1 Å². The lowest BCUT2D eigenvalue weighted by molar-refractivity contribution is 0.0444. The zero-order valence-corrected chi connectivity index (χ0v) is 17.9. The van der Waals surface area contributed by atoms with Crippen molar-refractivity contribution in [2.45, 2.75) is 26.0 Å². The van der Waals surface area contributed by atoms with Crippen molar-refractivity contribution in [1.29, 1.82) is 5.26 Å². The number of fused-ring (bicyclic) bond motifs is 1. The molecule has 3 aromatic carbocycles. The fourth-order valence-electron chi connectivity index (χ4n) is 4.50. The number of hydrogen-bond acceptors (Lipinski definition) is 4. The number of nitriles is 1. The Balaban J connectivity index is 1.59. The van der Waals surface area contributed by atoms with Crippen LogP contribution >= 0.6 is 0 Å². The van der Waals surface area contributed by atoms with Gasteiger partial charge in [0, 0.05) is 26.2 Å².